The van der Waals surface area contributed by atoms with E-state index in [1.54, 1.807) is 0 Å². The molecule has 248 valence electrons. The first kappa shape index (κ1) is 40.1. The second-order valence-corrected chi connectivity index (χ2v) is 9.81. The summed E-state index contributed by atoms with van der Waals surface area (Å²) >= 11 is 0. The fourth-order valence-electron chi connectivity index (χ4n) is 3.79. The van der Waals surface area contributed by atoms with E-state index in [-0.39, 0.29) is 46.1 Å². The predicted octanol–water partition coefficient (Wildman–Crippen LogP) is 9.41. The van der Waals surface area contributed by atoms with E-state index < -0.39 is 35.2 Å². The zero-order valence-corrected chi connectivity index (χ0v) is 27.9. The fraction of sp³-hybridized carbons (Fsp3) is 0.100. The van der Waals surface area contributed by atoms with Crippen LogP contribution in [-0.4, -0.2) is 11.9 Å². The molecule has 0 aliphatic heterocycles. The average molecular weight is 701 g/mol. The summed E-state index contributed by atoms with van der Waals surface area (Å²) in [5.74, 6) is -5.42. The summed E-state index contributed by atoms with van der Waals surface area (Å²) in [5, 5.41) is 0. The molecule has 0 aromatic heterocycles. The van der Waals surface area contributed by atoms with Crippen molar-refractivity contribution in [3.05, 3.63) is 192 Å². The molecule has 0 amide bonds. The van der Waals surface area contributed by atoms with E-state index >= 15 is 0 Å². The van der Waals surface area contributed by atoms with Gasteiger partial charge in [-0.1, -0.05) is 60.7 Å². The predicted molar refractivity (Wildman–Crippen MR) is 175 cm³/mol. The van der Waals surface area contributed by atoms with E-state index in [1.165, 1.54) is 0 Å². The van der Waals surface area contributed by atoms with Crippen LogP contribution in [-0.2, 0) is 44.1 Å². The molecular weight excluding hydrogens is 668 g/mol. The number of aryl methyl sites for hydroxylation is 2. The number of carbonyl (C=O) groups is 2. The SMILES string of the molecule is O=C(CCc1ccccc1)Oc1ccc(F)[c-]c1F.O=C(CCc1ccccc1)Oc1ccc(F)[c-]c1F.[Ti+4].c1cc[cH-]c1.c1cc[cH-]c1. The molecule has 9 heteroatoms. The minimum absolute atomic E-state index is 0. The normalized spacial score (nSPS) is 9.55. The Morgan fingerprint density at radius 1 is 0.510 bits per heavy atom. The van der Waals surface area contributed by atoms with Gasteiger partial charge in [0.05, 0.1) is 23.1 Å². The molecule has 0 aliphatic carbocycles. The second kappa shape index (κ2) is 23.3. The Hall–Kier alpha value is -5.05. The van der Waals surface area contributed by atoms with Crippen LogP contribution < -0.4 is 9.47 Å². The molecule has 0 N–H and O–H groups in total. The van der Waals surface area contributed by atoms with Crippen LogP contribution in [0.2, 0.25) is 0 Å². The Kier molecular flexibility index (Phi) is 19.1. The zero-order chi connectivity index (χ0) is 34.4. The van der Waals surface area contributed by atoms with Crippen LogP contribution in [0.3, 0.4) is 0 Å². The molecule has 0 saturated carbocycles. The molecule has 0 fully saturated rings. The first-order chi connectivity index (χ1) is 23.3. The van der Waals surface area contributed by atoms with E-state index in [1.807, 2.05) is 133 Å². The number of benzene rings is 4. The van der Waals surface area contributed by atoms with Crippen LogP contribution in [0.5, 0.6) is 11.5 Å². The molecule has 0 saturated heterocycles. The summed E-state index contributed by atoms with van der Waals surface area (Å²) in [6.45, 7) is 0. The largest absolute Gasteiger partial charge is 4.00 e. The van der Waals surface area contributed by atoms with Gasteiger partial charge in [-0.25, -0.2) is 41.8 Å². The van der Waals surface area contributed by atoms with Gasteiger partial charge < -0.3 is 9.47 Å². The molecule has 6 rings (SSSR count). The summed E-state index contributed by atoms with van der Waals surface area (Å²) in [6, 6.07) is 46.5. The maximum atomic E-state index is 13.2. The minimum atomic E-state index is -1.01. The van der Waals surface area contributed by atoms with Crippen molar-refractivity contribution in [3.8, 4) is 11.5 Å². The Balaban J connectivity index is 0.000000260. The molecule has 0 heterocycles. The quantitative estimate of drug-likeness (QED) is 0.0522. The number of halogens is 4. The van der Waals surface area contributed by atoms with Crippen molar-refractivity contribution in [1.82, 2.24) is 0 Å². The Bertz CT molecular complexity index is 1580. The third-order valence-electron chi connectivity index (χ3n) is 6.13. The van der Waals surface area contributed by atoms with Crippen LogP contribution in [0.25, 0.3) is 0 Å². The molecule has 0 spiro atoms. The van der Waals surface area contributed by atoms with Crippen molar-refractivity contribution < 1.29 is 58.3 Å². The van der Waals surface area contributed by atoms with Crippen molar-refractivity contribution in [2.45, 2.75) is 25.7 Å². The minimum Gasteiger partial charge on any atom is -0.488 e. The summed E-state index contributed by atoms with van der Waals surface area (Å²) in [4.78, 5) is 23.1. The van der Waals surface area contributed by atoms with Gasteiger partial charge in [-0.2, -0.15) is 36.4 Å². The van der Waals surface area contributed by atoms with E-state index in [4.69, 9.17) is 9.47 Å². The standard InChI is InChI=1S/2C15H11F2O2.2C5H5.Ti/c2*16-12-7-8-14(13(17)10-12)19-15(18)9-6-11-4-2-1-3-5-11;2*1-2-4-5-3-1;/h2*1-5,7-8H,6,9H2;2*1-5H;/q4*-1;+4. The summed E-state index contributed by atoms with van der Waals surface area (Å²) in [5.41, 5.74) is 1.98. The van der Waals surface area contributed by atoms with Crippen LogP contribution in [0.1, 0.15) is 24.0 Å². The molecule has 0 radical (unpaired) electrons. The van der Waals surface area contributed by atoms with Crippen molar-refractivity contribution in [3.63, 3.8) is 0 Å². The number of rotatable bonds is 8. The van der Waals surface area contributed by atoms with Gasteiger partial charge in [0, 0.05) is 24.5 Å². The van der Waals surface area contributed by atoms with Crippen molar-refractivity contribution in [2.24, 2.45) is 0 Å². The first-order valence-electron chi connectivity index (χ1n) is 14.9. The molecule has 6 aromatic carbocycles. The molecule has 0 unspecified atom stereocenters. The van der Waals surface area contributed by atoms with Crippen molar-refractivity contribution >= 4 is 11.9 Å². The maximum absolute atomic E-state index is 13.2. The topological polar surface area (TPSA) is 52.6 Å². The van der Waals surface area contributed by atoms with Crippen LogP contribution in [0.15, 0.2) is 146 Å². The van der Waals surface area contributed by atoms with Crippen molar-refractivity contribution in [1.29, 1.82) is 0 Å². The number of hydrogen-bond donors (Lipinski definition) is 0. The number of ether oxygens (including phenoxy) is 2. The molecule has 0 atom stereocenters. The van der Waals surface area contributed by atoms with Gasteiger partial charge in [0.25, 0.3) is 11.9 Å². The van der Waals surface area contributed by atoms with Gasteiger partial charge in [-0.15, -0.1) is 36.4 Å². The van der Waals surface area contributed by atoms with Crippen LogP contribution in [0.4, 0.5) is 17.6 Å². The smallest absolute Gasteiger partial charge is 0.488 e. The van der Waals surface area contributed by atoms with E-state index in [2.05, 4.69) is 0 Å². The van der Waals surface area contributed by atoms with Gasteiger partial charge in [0.1, 0.15) is 0 Å². The Morgan fingerprint density at radius 3 is 1.14 bits per heavy atom. The third kappa shape index (κ3) is 17.1. The number of carbonyl (C=O) groups excluding carboxylic acids is 2. The number of hydrogen-bond acceptors (Lipinski definition) is 4. The van der Waals surface area contributed by atoms with Gasteiger partial charge in [-0.3, -0.25) is 9.59 Å². The zero-order valence-electron chi connectivity index (χ0n) is 26.3. The Labute approximate surface area is 298 Å². The van der Waals surface area contributed by atoms with Crippen LogP contribution in [0, 0.1) is 35.4 Å². The second-order valence-electron chi connectivity index (χ2n) is 9.81. The summed E-state index contributed by atoms with van der Waals surface area (Å²) < 4.78 is 61.3. The molecule has 6 aromatic rings. The fourth-order valence-corrected chi connectivity index (χ4v) is 3.79. The van der Waals surface area contributed by atoms with Gasteiger partial charge in [0.15, 0.2) is 0 Å². The van der Waals surface area contributed by atoms with E-state index in [0.29, 0.717) is 12.8 Å². The summed E-state index contributed by atoms with van der Waals surface area (Å²) in [6.07, 6.45) is 1.26. The molecule has 4 nitrogen and oxygen atoms in total. The number of esters is 2. The monoisotopic (exact) mass is 700 g/mol. The van der Waals surface area contributed by atoms with E-state index in [9.17, 15) is 27.2 Å². The van der Waals surface area contributed by atoms with E-state index in [0.717, 1.165) is 35.4 Å². The third-order valence-corrected chi connectivity index (χ3v) is 6.13. The van der Waals surface area contributed by atoms with Crippen molar-refractivity contribution in [2.75, 3.05) is 0 Å². The maximum Gasteiger partial charge on any atom is 4.00 e. The first-order valence-corrected chi connectivity index (χ1v) is 14.9. The summed E-state index contributed by atoms with van der Waals surface area (Å²) in [7, 11) is 0. The molecule has 49 heavy (non-hydrogen) atoms. The van der Waals surface area contributed by atoms with Gasteiger partial charge >= 0.3 is 21.7 Å². The molecule has 0 bridgehead atoms. The van der Waals surface area contributed by atoms with Crippen LogP contribution >= 0.6 is 0 Å². The Morgan fingerprint density at radius 2 is 0.857 bits per heavy atom. The average Bonchev–Trinajstić information content (AvgIpc) is 3.88. The van der Waals surface area contributed by atoms with Gasteiger partial charge in [0.2, 0.25) is 0 Å². The molecular formula is C40H32F4O4Ti. The molecule has 0 aliphatic rings. The van der Waals surface area contributed by atoms with Gasteiger partial charge in [-0.05, 0) is 24.0 Å².